The van der Waals surface area contributed by atoms with Gasteiger partial charge in [0, 0.05) is 55.8 Å². The maximum Gasteiger partial charge on any atom is 0.153 e. The van der Waals surface area contributed by atoms with Gasteiger partial charge in [-0.3, -0.25) is 9.48 Å². The van der Waals surface area contributed by atoms with Crippen molar-refractivity contribution in [3.8, 4) is 22.9 Å². The number of hydrogen-bond acceptors (Lipinski definition) is 7. The highest BCUT2D eigenvalue weighted by molar-refractivity contribution is 7.91. The first kappa shape index (κ1) is 25.8. The van der Waals surface area contributed by atoms with E-state index in [-0.39, 0.29) is 29.1 Å². The topological polar surface area (TPSA) is 114 Å². The number of aryl methyl sites for hydroxylation is 1. The minimum atomic E-state index is -2.94. The summed E-state index contributed by atoms with van der Waals surface area (Å²) in [6.07, 6.45) is 11.5. The summed E-state index contributed by atoms with van der Waals surface area (Å²) in [6.45, 7) is 1.00. The Balaban J connectivity index is 1.34. The zero-order chi connectivity index (χ0) is 27.2. The summed E-state index contributed by atoms with van der Waals surface area (Å²) < 4.78 is 27.3. The van der Waals surface area contributed by atoms with Gasteiger partial charge in [0.1, 0.15) is 11.5 Å². The molecule has 0 amide bonds. The molecule has 204 valence electrons. The molecule has 3 heterocycles. The predicted molar refractivity (Wildman–Crippen MR) is 148 cm³/mol. The van der Waals surface area contributed by atoms with E-state index in [1.165, 1.54) is 0 Å². The number of nitriles is 1. The van der Waals surface area contributed by atoms with Crippen LogP contribution in [0.1, 0.15) is 56.6 Å². The molecule has 2 atom stereocenters. The van der Waals surface area contributed by atoms with Gasteiger partial charge >= 0.3 is 0 Å². The number of rotatable bonds is 7. The van der Waals surface area contributed by atoms with Crippen molar-refractivity contribution >= 4 is 21.3 Å². The molecule has 2 aromatic heterocycles. The molecule has 10 heteroatoms. The first-order chi connectivity index (χ1) is 18.8. The molecule has 1 aliphatic heterocycles. The molecule has 0 bridgehead atoms. The molecule has 1 aromatic carbocycles. The van der Waals surface area contributed by atoms with Crippen LogP contribution in [0.15, 0.2) is 42.9 Å². The Labute approximate surface area is 229 Å². The van der Waals surface area contributed by atoms with Crippen LogP contribution in [0.3, 0.4) is 0 Å². The third-order valence-corrected chi connectivity index (χ3v) is 10.3. The highest BCUT2D eigenvalue weighted by atomic mass is 32.2. The number of carbonyl (C=O) groups is 1. The second-order valence-corrected chi connectivity index (χ2v) is 13.8. The van der Waals surface area contributed by atoms with Crippen LogP contribution in [0.4, 0.5) is 5.69 Å². The number of Topliss-reactive ketones (excluding diaryl/α,β-unsaturated/α-hetero) is 1. The lowest BCUT2D eigenvalue weighted by Crippen LogP contribution is -2.40. The lowest BCUT2D eigenvalue weighted by Gasteiger charge is -2.31. The average molecular weight is 547 g/mol. The van der Waals surface area contributed by atoms with Gasteiger partial charge in [-0.15, -0.1) is 0 Å². The Morgan fingerprint density at radius 2 is 1.79 bits per heavy atom. The third-order valence-electron chi connectivity index (χ3n) is 8.72. The van der Waals surface area contributed by atoms with Gasteiger partial charge in [0.15, 0.2) is 9.84 Å². The number of carbonyl (C=O) groups excluding carboxylic acids is 1. The molecule has 3 fully saturated rings. The summed E-state index contributed by atoms with van der Waals surface area (Å²) in [5.41, 5.74) is 4.36. The Morgan fingerprint density at radius 1 is 1.08 bits per heavy atom. The molecule has 2 saturated carbocycles. The van der Waals surface area contributed by atoms with Crippen molar-refractivity contribution in [2.75, 3.05) is 29.5 Å². The van der Waals surface area contributed by atoms with Gasteiger partial charge in [0.2, 0.25) is 0 Å². The fraction of sp³-hybridized carbons (Fsp3) is 0.517. The van der Waals surface area contributed by atoms with Gasteiger partial charge in [-0.1, -0.05) is 25.0 Å². The molecular weight excluding hydrogens is 512 g/mol. The smallest absolute Gasteiger partial charge is 0.153 e. The summed E-state index contributed by atoms with van der Waals surface area (Å²) >= 11 is 0. The molecule has 39 heavy (non-hydrogen) atoms. The summed E-state index contributed by atoms with van der Waals surface area (Å²) in [4.78, 5) is 15.7. The Bertz CT molecular complexity index is 1510. The lowest BCUT2D eigenvalue weighted by atomic mass is 9.72. The number of sulfone groups is 1. The number of aromatic nitrogens is 4. The third kappa shape index (κ3) is 5.24. The zero-order valence-corrected chi connectivity index (χ0v) is 23.1. The van der Waals surface area contributed by atoms with Gasteiger partial charge in [-0.25, -0.2) is 13.1 Å². The van der Waals surface area contributed by atoms with Crippen LogP contribution in [0.2, 0.25) is 0 Å². The molecule has 2 aliphatic carbocycles. The second kappa shape index (κ2) is 9.94. The van der Waals surface area contributed by atoms with Crippen molar-refractivity contribution in [1.82, 2.24) is 19.6 Å². The summed E-state index contributed by atoms with van der Waals surface area (Å²) in [5.74, 6) is 0.439. The predicted octanol–water partition coefficient (Wildman–Crippen LogP) is 4.04. The summed E-state index contributed by atoms with van der Waals surface area (Å²) in [7, 11) is -1.07. The largest absolute Gasteiger partial charge is 0.369 e. The summed E-state index contributed by atoms with van der Waals surface area (Å²) in [6, 6.07) is 10.6. The van der Waals surface area contributed by atoms with Crippen molar-refractivity contribution in [2.45, 2.75) is 50.9 Å². The van der Waals surface area contributed by atoms with E-state index in [1.54, 1.807) is 10.9 Å². The van der Waals surface area contributed by atoms with E-state index >= 15 is 0 Å². The van der Waals surface area contributed by atoms with Crippen molar-refractivity contribution in [1.29, 1.82) is 5.26 Å². The Hall–Kier alpha value is -3.45. The summed E-state index contributed by atoms with van der Waals surface area (Å²) in [5, 5.41) is 19.0. The number of hydrogen-bond donors (Lipinski definition) is 0. The fourth-order valence-corrected chi connectivity index (χ4v) is 7.35. The van der Waals surface area contributed by atoms with Crippen LogP contribution < -0.4 is 4.90 Å². The molecule has 0 radical (unpaired) electrons. The Morgan fingerprint density at radius 3 is 2.44 bits per heavy atom. The molecule has 3 aliphatic rings. The standard InChI is InChI=1S/C29H34N6O3S/c1-33-18-23(17-31-33)35-19-26(21-6-8-22(9-7-21)34-12-14-39(37,38)15-13-34)28(32-35)25-5-3-2-4-24(25)27(36)16-29(20-30)10-11-29/h6-9,17-19,24-25H,2-5,10-16H2,1H3/t24-,25-/m1/s1. The van der Waals surface area contributed by atoms with E-state index in [0.29, 0.717) is 19.5 Å². The molecule has 6 rings (SSSR count). The van der Waals surface area contributed by atoms with Crippen molar-refractivity contribution < 1.29 is 13.2 Å². The second-order valence-electron chi connectivity index (χ2n) is 11.5. The fourth-order valence-electron chi connectivity index (χ4n) is 6.15. The van der Waals surface area contributed by atoms with Crippen LogP contribution in [0.25, 0.3) is 16.8 Å². The molecule has 3 aromatic rings. The van der Waals surface area contributed by atoms with E-state index in [9.17, 15) is 18.5 Å². The number of benzene rings is 1. The van der Waals surface area contributed by atoms with Crippen molar-refractivity contribution in [3.05, 3.63) is 48.5 Å². The van der Waals surface area contributed by atoms with Crippen LogP contribution in [-0.2, 0) is 21.7 Å². The van der Waals surface area contributed by atoms with Crippen molar-refractivity contribution in [3.63, 3.8) is 0 Å². The molecular formula is C29H34N6O3S. The first-order valence-electron chi connectivity index (χ1n) is 13.8. The van der Waals surface area contributed by atoms with E-state index in [2.05, 4.69) is 28.2 Å². The Kier molecular flexibility index (Phi) is 6.58. The maximum atomic E-state index is 13.5. The van der Waals surface area contributed by atoms with Crippen molar-refractivity contribution in [2.24, 2.45) is 18.4 Å². The highest BCUT2D eigenvalue weighted by Crippen LogP contribution is 2.51. The van der Waals surface area contributed by atoms with Gasteiger partial charge in [0.25, 0.3) is 0 Å². The first-order valence-corrected chi connectivity index (χ1v) is 15.7. The molecule has 1 saturated heterocycles. The highest BCUT2D eigenvalue weighted by Gasteiger charge is 2.47. The van der Waals surface area contributed by atoms with E-state index in [4.69, 9.17) is 5.10 Å². The van der Waals surface area contributed by atoms with Gasteiger partial charge in [0.05, 0.1) is 41.1 Å². The maximum absolute atomic E-state index is 13.5. The number of nitrogens with zero attached hydrogens (tertiary/aromatic N) is 6. The minimum absolute atomic E-state index is 0.000594. The van der Waals surface area contributed by atoms with E-state index < -0.39 is 15.3 Å². The van der Waals surface area contributed by atoms with Gasteiger partial charge < -0.3 is 4.90 Å². The monoisotopic (exact) mass is 546 g/mol. The molecule has 9 nitrogen and oxygen atoms in total. The molecule has 0 N–H and O–H groups in total. The zero-order valence-electron chi connectivity index (χ0n) is 22.3. The van der Waals surface area contributed by atoms with Crippen LogP contribution in [0, 0.1) is 22.7 Å². The number of anilines is 1. The molecule has 0 unspecified atom stereocenters. The minimum Gasteiger partial charge on any atom is -0.369 e. The molecule has 0 spiro atoms. The lowest BCUT2D eigenvalue weighted by molar-refractivity contribution is -0.125. The average Bonchev–Trinajstić information content (AvgIpc) is 3.35. The normalized spacial score (nSPS) is 23.7. The van der Waals surface area contributed by atoms with Gasteiger partial charge in [-0.05, 0) is 43.4 Å². The number of ketones is 1. The van der Waals surface area contributed by atoms with Crippen LogP contribution in [-0.4, -0.2) is 58.4 Å². The van der Waals surface area contributed by atoms with E-state index in [1.807, 2.05) is 36.3 Å². The van der Waals surface area contributed by atoms with Gasteiger partial charge in [-0.2, -0.15) is 15.5 Å². The quantitative estimate of drug-likeness (QED) is 0.439. The van der Waals surface area contributed by atoms with Crippen LogP contribution >= 0.6 is 0 Å². The SMILES string of the molecule is Cn1cc(-n2cc(-c3ccc(N4CCS(=O)(=O)CC4)cc3)c([C@@H]3CCCC[C@H]3C(=O)CC3(C#N)CC3)n2)cn1. The van der Waals surface area contributed by atoms with Crippen LogP contribution in [0.5, 0.6) is 0 Å². The van der Waals surface area contributed by atoms with E-state index in [0.717, 1.165) is 66.7 Å².